The van der Waals surface area contributed by atoms with Crippen LogP contribution in [0.15, 0.2) is 60.9 Å². The van der Waals surface area contributed by atoms with Gasteiger partial charge in [-0.05, 0) is 71.1 Å². The fourth-order valence-corrected chi connectivity index (χ4v) is 2.42. The van der Waals surface area contributed by atoms with E-state index in [1.165, 1.54) is 12.4 Å². The van der Waals surface area contributed by atoms with Crippen molar-refractivity contribution < 1.29 is 4.79 Å². The van der Waals surface area contributed by atoms with E-state index in [4.69, 9.17) is 11.6 Å². The first-order chi connectivity index (χ1) is 11.1. The van der Waals surface area contributed by atoms with Gasteiger partial charge < -0.3 is 5.32 Å². The van der Waals surface area contributed by atoms with E-state index in [1.807, 2.05) is 36.4 Å². The summed E-state index contributed by atoms with van der Waals surface area (Å²) >= 11 is 8.07. The van der Waals surface area contributed by atoms with Gasteiger partial charge in [-0.3, -0.25) is 4.79 Å². The van der Waals surface area contributed by atoms with E-state index in [-0.39, 0.29) is 5.91 Å². The predicted molar refractivity (Wildman–Crippen MR) is 99.6 cm³/mol. The molecule has 1 aromatic heterocycles. The van der Waals surface area contributed by atoms with Crippen molar-refractivity contribution in [2.45, 2.75) is 0 Å². The van der Waals surface area contributed by atoms with E-state index >= 15 is 0 Å². The molecule has 0 spiro atoms. The summed E-state index contributed by atoms with van der Waals surface area (Å²) in [5.41, 5.74) is 1.98. The highest BCUT2D eigenvalue weighted by Crippen LogP contribution is 2.18. The molecule has 6 heteroatoms. The topological polar surface area (TPSA) is 54.9 Å². The summed E-state index contributed by atoms with van der Waals surface area (Å²) in [4.78, 5) is 20.7. The maximum Gasteiger partial charge on any atom is 0.258 e. The number of halogens is 2. The molecule has 114 valence electrons. The van der Waals surface area contributed by atoms with Crippen molar-refractivity contribution in [2.75, 3.05) is 5.32 Å². The zero-order chi connectivity index (χ0) is 16.2. The van der Waals surface area contributed by atoms with Gasteiger partial charge in [0.15, 0.2) is 5.82 Å². The Morgan fingerprint density at radius 3 is 2.17 bits per heavy atom. The number of carbonyl (C=O) groups excluding carboxylic acids is 1. The Morgan fingerprint density at radius 2 is 1.57 bits per heavy atom. The van der Waals surface area contributed by atoms with Crippen LogP contribution < -0.4 is 5.32 Å². The first-order valence-electron chi connectivity index (χ1n) is 6.77. The van der Waals surface area contributed by atoms with Gasteiger partial charge in [-0.15, -0.1) is 0 Å². The molecule has 2 aromatic carbocycles. The van der Waals surface area contributed by atoms with Gasteiger partial charge in [-0.2, -0.15) is 0 Å². The van der Waals surface area contributed by atoms with Crippen LogP contribution in [0, 0.1) is 3.57 Å². The summed E-state index contributed by atoms with van der Waals surface area (Å²) in [5, 5.41) is 3.47. The van der Waals surface area contributed by atoms with E-state index in [9.17, 15) is 4.79 Å². The number of benzene rings is 2. The normalized spacial score (nSPS) is 10.3. The molecule has 1 amide bonds. The van der Waals surface area contributed by atoms with Crippen LogP contribution in [0.4, 0.5) is 5.69 Å². The monoisotopic (exact) mass is 435 g/mol. The molecule has 1 N–H and O–H groups in total. The highest BCUT2D eigenvalue weighted by Gasteiger charge is 2.08. The fourth-order valence-electron chi connectivity index (χ4n) is 1.93. The molecule has 0 atom stereocenters. The maximum atomic E-state index is 12.2. The maximum absolute atomic E-state index is 12.2. The third-order valence-corrected chi connectivity index (χ3v) is 4.09. The van der Waals surface area contributed by atoms with Crippen molar-refractivity contribution in [3.05, 3.63) is 75.1 Å². The van der Waals surface area contributed by atoms with Crippen LogP contribution in [0.2, 0.25) is 5.02 Å². The van der Waals surface area contributed by atoms with E-state index in [2.05, 4.69) is 37.9 Å². The molecule has 0 aliphatic rings. The lowest BCUT2D eigenvalue weighted by Crippen LogP contribution is -2.12. The summed E-state index contributed by atoms with van der Waals surface area (Å²) in [7, 11) is 0. The van der Waals surface area contributed by atoms with Gasteiger partial charge in [0.05, 0.1) is 5.56 Å². The number of anilines is 1. The second-order valence-electron chi connectivity index (χ2n) is 4.76. The third-order valence-electron chi connectivity index (χ3n) is 3.12. The number of carbonyl (C=O) groups is 1. The van der Waals surface area contributed by atoms with E-state index < -0.39 is 0 Å². The Kier molecular flexibility index (Phi) is 4.88. The van der Waals surface area contributed by atoms with Crippen LogP contribution in [0.5, 0.6) is 0 Å². The average molecular weight is 436 g/mol. The number of aromatic nitrogens is 2. The molecule has 0 unspecified atom stereocenters. The molecule has 0 fully saturated rings. The standard InChI is InChI=1S/C17H11ClIN3O/c18-13-3-1-11(2-4-13)16-20-9-12(10-21-16)17(23)22-15-7-5-14(19)6-8-15/h1-10H,(H,22,23). The third kappa shape index (κ3) is 4.05. The Morgan fingerprint density at radius 1 is 0.957 bits per heavy atom. The van der Waals surface area contributed by atoms with Crippen molar-refractivity contribution >= 4 is 45.8 Å². The molecule has 0 saturated heterocycles. The minimum atomic E-state index is -0.242. The lowest BCUT2D eigenvalue weighted by molar-refractivity contribution is 0.102. The number of hydrogen-bond acceptors (Lipinski definition) is 3. The predicted octanol–water partition coefficient (Wildman–Crippen LogP) is 4.65. The first kappa shape index (κ1) is 15.9. The van der Waals surface area contributed by atoms with Crippen molar-refractivity contribution in [1.29, 1.82) is 0 Å². The SMILES string of the molecule is O=C(Nc1ccc(I)cc1)c1cnc(-c2ccc(Cl)cc2)nc1. The molecule has 0 radical (unpaired) electrons. The minimum Gasteiger partial charge on any atom is -0.322 e. The van der Waals surface area contributed by atoms with Crippen LogP contribution in [-0.2, 0) is 0 Å². The second-order valence-corrected chi connectivity index (χ2v) is 6.45. The minimum absolute atomic E-state index is 0.242. The molecule has 4 nitrogen and oxygen atoms in total. The molecule has 23 heavy (non-hydrogen) atoms. The largest absolute Gasteiger partial charge is 0.322 e. The summed E-state index contributed by atoms with van der Waals surface area (Å²) in [6.07, 6.45) is 3.03. The quantitative estimate of drug-likeness (QED) is 0.609. The van der Waals surface area contributed by atoms with Crippen molar-refractivity contribution in [1.82, 2.24) is 9.97 Å². The summed E-state index contributed by atoms with van der Waals surface area (Å²) in [6, 6.07) is 14.8. The van der Waals surface area contributed by atoms with Crippen molar-refractivity contribution in [3.8, 4) is 11.4 Å². The number of nitrogens with zero attached hydrogens (tertiary/aromatic N) is 2. The Bertz CT molecular complexity index is 818. The molecule has 0 saturated carbocycles. The molecule has 1 heterocycles. The lowest BCUT2D eigenvalue weighted by Gasteiger charge is -2.06. The molecule has 0 aliphatic carbocycles. The molecular formula is C17H11ClIN3O. The van der Waals surface area contributed by atoms with Gasteiger partial charge in [0.1, 0.15) is 0 Å². The molecule has 3 aromatic rings. The van der Waals surface area contributed by atoms with Crippen LogP contribution in [-0.4, -0.2) is 15.9 Å². The van der Waals surface area contributed by atoms with Gasteiger partial charge in [0.2, 0.25) is 0 Å². The van der Waals surface area contributed by atoms with Crippen molar-refractivity contribution in [3.63, 3.8) is 0 Å². The van der Waals surface area contributed by atoms with E-state index in [0.29, 0.717) is 16.4 Å². The summed E-state index contributed by atoms with van der Waals surface area (Å²) in [6.45, 7) is 0. The van der Waals surface area contributed by atoms with Gasteiger partial charge in [0.25, 0.3) is 5.91 Å². The van der Waals surface area contributed by atoms with Crippen LogP contribution in [0.1, 0.15) is 10.4 Å². The fraction of sp³-hybridized carbons (Fsp3) is 0. The van der Waals surface area contributed by atoms with Crippen LogP contribution >= 0.6 is 34.2 Å². The van der Waals surface area contributed by atoms with Crippen LogP contribution in [0.25, 0.3) is 11.4 Å². The van der Waals surface area contributed by atoms with Crippen molar-refractivity contribution in [2.24, 2.45) is 0 Å². The van der Waals surface area contributed by atoms with Gasteiger partial charge in [-0.1, -0.05) is 11.6 Å². The van der Waals surface area contributed by atoms with Gasteiger partial charge >= 0.3 is 0 Å². The first-order valence-corrected chi connectivity index (χ1v) is 8.22. The molecule has 3 rings (SSSR count). The zero-order valence-corrected chi connectivity index (χ0v) is 14.7. The lowest BCUT2D eigenvalue weighted by atomic mass is 10.2. The smallest absolute Gasteiger partial charge is 0.258 e. The van der Waals surface area contributed by atoms with E-state index in [1.54, 1.807) is 12.1 Å². The van der Waals surface area contributed by atoms with Gasteiger partial charge in [-0.25, -0.2) is 9.97 Å². The summed E-state index contributed by atoms with van der Waals surface area (Å²) in [5.74, 6) is 0.307. The zero-order valence-electron chi connectivity index (χ0n) is 11.8. The number of nitrogens with one attached hydrogen (secondary N) is 1. The second kappa shape index (κ2) is 7.06. The Hall–Kier alpha value is -1.99. The van der Waals surface area contributed by atoms with Gasteiger partial charge in [0, 0.05) is 32.2 Å². The highest BCUT2D eigenvalue weighted by atomic mass is 127. The number of rotatable bonds is 3. The highest BCUT2D eigenvalue weighted by molar-refractivity contribution is 14.1. The average Bonchev–Trinajstić information content (AvgIpc) is 2.58. The molecular weight excluding hydrogens is 425 g/mol. The Balaban J connectivity index is 1.74. The molecule has 0 aliphatic heterocycles. The van der Waals surface area contributed by atoms with E-state index in [0.717, 1.165) is 14.8 Å². The van der Waals surface area contributed by atoms with Crippen LogP contribution in [0.3, 0.4) is 0 Å². The molecule has 0 bridgehead atoms. The Labute approximate surface area is 152 Å². The number of hydrogen-bond donors (Lipinski definition) is 1. The number of amides is 1. The summed E-state index contributed by atoms with van der Waals surface area (Å²) < 4.78 is 1.11.